The molecule has 0 aromatic carbocycles. The fourth-order valence-electron chi connectivity index (χ4n) is 2.22. The molecule has 0 saturated heterocycles. The second kappa shape index (κ2) is 14.6. The summed E-state index contributed by atoms with van der Waals surface area (Å²) < 4.78 is 0. The van der Waals surface area contributed by atoms with Crippen molar-refractivity contribution in [1.82, 2.24) is 9.97 Å². The average Bonchev–Trinajstić information content (AvgIpc) is 3.44. The van der Waals surface area contributed by atoms with Gasteiger partial charge in [-0.2, -0.15) is 0 Å². The number of rotatable bonds is 4. The van der Waals surface area contributed by atoms with Crippen LogP contribution in [-0.4, -0.2) is 21.5 Å². The molecule has 0 unspecified atom stereocenters. The van der Waals surface area contributed by atoms with Gasteiger partial charge in [-0.25, -0.2) is 0 Å². The number of Topliss-reactive ketones (excluding diaryl/α,β-unsaturated/α-hetero) is 2. The Morgan fingerprint density at radius 1 is 0.700 bits per heavy atom. The van der Waals surface area contributed by atoms with Crippen LogP contribution in [0.4, 0.5) is 0 Å². The normalized spacial score (nSPS) is 9.13. The topological polar surface area (TPSA) is 59.9 Å². The Kier molecular flexibility index (Phi) is 12.6. The second-order valence-electron chi connectivity index (χ2n) is 5.97. The van der Waals surface area contributed by atoms with Gasteiger partial charge < -0.3 is 0 Å². The van der Waals surface area contributed by atoms with Gasteiger partial charge in [-0.3, -0.25) is 19.6 Å². The SMILES string of the molecule is CC(=O)CC(C)=O.[Ir+3].c1ccc(-c2cccs2)nc1.c1ccc(-c2cccs2)nc1. The Morgan fingerprint density at radius 3 is 1.37 bits per heavy atom. The number of pyridine rings is 2. The minimum atomic E-state index is -0.0625. The van der Waals surface area contributed by atoms with Crippen LogP contribution in [0.5, 0.6) is 0 Å². The summed E-state index contributed by atoms with van der Waals surface area (Å²) in [6.45, 7) is 2.81. The molecule has 0 saturated carbocycles. The van der Waals surface area contributed by atoms with Crippen LogP contribution in [0.1, 0.15) is 20.3 Å². The van der Waals surface area contributed by atoms with Gasteiger partial charge in [0, 0.05) is 12.4 Å². The third-order valence-corrected chi connectivity index (χ3v) is 5.16. The van der Waals surface area contributed by atoms with Crippen LogP contribution >= 0.6 is 22.7 Å². The Morgan fingerprint density at radius 2 is 1.13 bits per heavy atom. The van der Waals surface area contributed by atoms with Gasteiger partial charge in [0.2, 0.25) is 0 Å². The fraction of sp³-hybridized carbons (Fsp3) is 0.130. The first kappa shape index (κ1) is 25.7. The number of thiophene rings is 2. The zero-order valence-corrected chi connectivity index (χ0v) is 20.7. The number of hydrogen-bond donors (Lipinski definition) is 0. The van der Waals surface area contributed by atoms with Crippen LogP contribution in [0.2, 0.25) is 0 Å². The maximum absolute atomic E-state index is 10.0. The summed E-state index contributed by atoms with van der Waals surface area (Å²) in [5, 5.41) is 4.12. The van der Waals surface area contributed by atoms with E-state index in [0.29, 0.717) is 0 Å². The molecule has 4 aromatic heterocycles. The van der Waals surface area contributed by atoms with Crippen molar-refractivity contribution >= 4 is 34.2 Å². The van der Waals surface area contributed by atoms with Gasteiger partial charge in [-0.05, 0) is 61.0 Å². The van der Waals surface area contributed by atoms with E-state index in [1.54, 1.807) is 22.7 Å². The monoisotopic (exact) mass is 615 g/mol. The predicted octanol–water partition coefficient (Wildman–Crippen LogP) is 6.17. The van der Waals surface area contributed by atoms with Gasteiger partial charge in [-0.1, -0.05) is 24.3 Å². The summed E-state index contributed by atoms with van der Waals surface area (Å²) in [6, 6.07) is 20.1. The molecule has 0 aliphatic heterocycles. The van der Waals surface area contributed by atoms with E-state index in [9.17, 15) is 9.59 Å². The van der Waals surface area contributed by atoms with Crippen LogP contribution in [0, 0.1) is 0 Å². The van der Waals surface area contributed by atoms with Crippen LogP contribution < -0.4 is 0 Å². The van der Waals surface area contributed by atoms with Crippen molar-refractivity contribution in [2.45, 2.75) is 20.3 Å². The van der Waals surface area contributed by atoms with E-state index in [4.69, 9.17) is 0 Å². The molecule has 0 radical (unpaired) electrons. The molecule has 4 rings (SSSR count). The van der Waals surface area contributed by atoms with Crippen molar-refractivity contribution in [3.05, 3.63) is 83.8 Å². The number of hydrogen-bond acceptors (Lipinski definition) is 6. The molecule has 0 spiro atoms. The van der Waals surface area contributed by atoms with Crippen molar-refractivity contribution in [1.29, 1.82) is 0 Å². The molecular weight excluding hydrogens is 593 g/mol. The summed E-state index contributed by atoms with van der Waals surface area (Å²) in [5.41, 5.74) is 2.12. The third kappa shape index (κ3) is 9.94. The summed E-state index contributed by atoms with van der Waals surface area (Å²) in [4.78, 5) is 31.0. The zero-order chi connectivity index (χ0) is 20.9. The molecule has 0 aliphatic rings. The van der Waals surface area contributed by atoms with Crippen molar-refractivity contribution in [3.63, 3.8) is 0 Å². The molecule has 154 valence electrons. The van der Waals surface area contributed by atoms with E-state index in [1.807, 2.05) is 60.9 Å². The fourth-order valence-corrected chi connectivity index (χ4v) is 3.62. The van der Waals surface area contributed by atoms with Crippen molar-refractivity contribution in [2.24, 2.45) is 0 Å². The van der Waals surface area contributed by atoms with Gasteiger partial charge in [0.25, 0.3) is 0 Å². The van der Waals surface area contributed by atoms with E-state index in [0.717, 1.165) is 11.4 Å². The average molecular weight is 615 g/mol. The molecule has 0 atom stereocenters. The van der Waals surface area contributed by atoms with E-state index in [-0.39, 0.29) is 38.1 Å². The van der Waals surface area contributed by atoms with Crippen molar-refractivity contribution < 1.29 is 29.7 Å². The Hall–Kier alpha value is -2.31. The standard InChI is InChI=1S/2C9H7NS.C5H8O2.Ir/c2*1-2-6-10-8(4-1)9-5-3-7-11-9;1-4(6)3-5(2)7;/h2*1-7H;3H2,1-2H3;/q;;;+3. The molecule has 0 N–H and O–H groups in total. The van der Waals surface area contributed by atoms with Crippen molar-refractivity contribution in [2.75, 3.05) is 0 Å². The first-order valence-electron chi connectivity index (χ1n) is 8.95. The van der Waals surface area contributed by atoms with E-state index < -0.39 is 0 Å². The molecule has 0 fully saturated rings. The largest absolute Gasteiger partial charge is 3.00 e. The summed E-state index contributed by atoms with van der Waals surface area (Å²) in [6.07, 6.45) is 3.71. The molecule has 0 amide bonds. The quantitative estimate of drug-likeness (QED) is 0.258. The molecule has 4 heterocycles. The van der Waals surface area contributed by atoms with Crippen LogP contribution in [0.15, 0.2) is 83.8 Å². The Labute approximate surface area is 198 Å². The van der Waals surface area contributed by atoms with Gasteiger partial charge in [-0.15, -0.1) is 22.7 Å². The van der Waals surface area contributed by atoms with E-state index >= 15 is 0 Å². The molecule has 4 nitrogen and oxygen atoms in total. The summed E-state index contributed by atoms with van der Waals surface area (Å²) in [5.74, 6) is -0.125. The maximum Gasteiger partial charge on any atom is 3.00 e. The smallest absolute Gasteiger partial charge is 0.300 e. The van der Waals surface area contributed by atoms with E-state index in [1.165, 1.54) is 23.6 Å². The summed E-state index contributed by atoms with van der Waals surface area (Å²) in [7, 11) is 0. The number of nitrogens with zero attached hydrogens (tertiary/aromatic N) is 2. The molecule has 0 aliphatic carbocycles. The van der Waals surface area contributed by atoms with Crippen LogP contribution in [0.25, 0.3) is 21.1 Å². The van der Waals surface area contributed by atoms with Gasteiger partial charge in [0.15, 0.2) is 0 Å². The molecule has 7 heteroatoms. The zero-order valence-electron chi connectivity index (χ0n) is 16.7. The van der Waals surface area contributed by atoms with Crippen LogP contribution in [0.3, 0.4) is 0 Å². The minimum absolute atomic E-state index is 0. The van der Waals surface area contributed by atoms with Gasteiger partial charge in [0.05, 0.1) is 27.6 Å². The number of carbonyl (C=O) groups is 2. The molecule has 30 heavy (non-hydrogen) atoms. The second-order valence-corrected chi connectivity index (χ2v) is 7.86. The Bertz CT molecular complexity index is 893. The molecular formula is C23H22IrN2O2S2+3. The number of carbonyl (C=O) groups excluding carboxylic acids is 2. The Balaban J connectivity index is 0.000000229. The maximum atomic E-state index is 10.0. The number of ketones is 2. The first-order chi connectivity index (χ1) is 14.1. The summed E-state index contributed by atoms with van der Waals surface area (Å²) >= 11 is 3.43. The van der Waals surface area contributed by atoms with Gasteiger partial charge in [0.1, 0.15) is 11.6 Å². The minimum Gasteiger partial charge on any atom is -0.300 e. The van der Waals surface area contributed by atoms with E-state index in [2.05, 4.69) is 32.9 Å². The first-order valence-corrected chi connectivity index (χ1v) is 10.7. The third-order valence-electron chi connectivity index (χ3n) is 3.37. The van der Waals surface area contributed by atoms with Crippen molar-refractivity contribution in [3.8, 4) is 21.1 Å². The molecule has 0 bridgehead atoms. The number of aromatic nitrogens is 2. The van der Waals surface area contributed by atoms with Crippen LogP contribution in [-0.2, 0) is 29.7 Å². The molecule has 4 aromatic rings. The predicted molar refractivity (Wildman–Crippen MR) is 121 cm³/mol. The van der Waals surface area contributed by atoms with Gasteiger partial charge >= 0.3 is 20.1 Å².